The fraction of sp³-hybridized carbons (Fsp3) is 0.450. The Kier molecular flexibility index (Phi) is 12.9. The number of rotatable bonds is 14. The number of benzene rings is 2. The average Bonchev–Trinajstić information content (AvgIpc) is 3.52. The number of hydrogen-bond acceptors (Lipinski definition) is 11. The number of allylic oxidation sites excluding steroid dienone is 3. The molecule has 2 aliphatic rings. The summed E-state index contributed by atoms with van der Waals surface area (Å²) in [4.78, 5) is 11.5. The number of sulfonamides is 1. The van der Waals surface area contributed by atoms with Crippen molar-refractivity contribution in [1.82, 2.24) is 28.6 Å². The topological polar surface area (TPSA) is 160 Å². The van der Waals surface area contributed by atoms with Gasteiger partial charge in [-0.25, -0.2) is 27.5 Å². The van der Waals surface area contributed by atoms with Gasteiger partial charge in [0.15, 0.2) is 17.1 Å². The maximum absolute atomic E-state index is 15.5. The molecule has 2 aliphatic heterocycles. The molecule has 1 unspecified atom stereocenters. The number of halogens is 1. The number of nitrogens with two attached hydrogens (primary N) is 1. The molecule has 0 amide bonds. The molecular formula is C40H54FN11O3S. The highest BCUT2D eigenvalue weighted by molar-refractivity contribution is 7.89. The van der Waals surface area contributed by atoms with Crippen LogP contribution in [0.4, 0.5) is 15.9 Å². The van der Waals surface area contributed by atoms with Gasteiger partial charge in [0.1, 0.15) is 24.5 Å². The van der Waals surface area contributed by atoms with Crippen LogP contribution in [0.3, 0.4) is 0 Å². The number of nitrogens with zero attached hydrogens (tertiary/aromatic N) is 8. The van der Waals surface area contributed by atoms with E-state index < -0.39 is 15.8 Å². The zero-order valence-electron chi connectivity index (χ0n) is 32.9. The van der Waals surface area contributed by atoms with Gasteiger partial charge in [-0.05, 0) is 107 Å². The van der Waals surface area contributed by atoms with Gasteiger partial charge in [-0.15, -0.1) is 0 Å². The lowest BCUT2D eigenvalue weighted by atomic mass is 9.88. The van der Waals surface area contributed by atoms with E-state index in [1.165, 1.54) is 39.2 Å². The van der Waals surface area contributed by atoms with Gasteiger partial charge >= 0.3 is 0 Å². The smallest absolute Gasteiger partial charge is 0.243 e. The first kappa shape index (κ1) is 40.6. The Morgan fingerprint density at radius 1 is 1.16 bits per heavy atom. The van der Waals surface area contributed by atoms with Crippen LogP contribution in [-0.4, -0.2) is 96.3 Å². The third kappa shape index (κ3) is 8.82. The van der Waals surface area contributed by atoms with Crippen LogP contribution in [0, 0.1) is 11.7 Å². The fourth-order valence-electron chi connectivity index (χ4n) is 7.70. The number of aromatic nitrogens is 4. The molecule has 2 fully saturated rings. The summed E-state index contributed by atoms with van der Waals surface area (Å²) in [6.45, 7) is 12.7. The van der Waals surface area contributed by atoms with Crippen LogP contribution < -0.4 is 26.6 Å². The number of piperidine rings is 2. The molecule has 0 radical (unpaired) electrons. The number of aryl methyl sites for hydroxylation is 1. The van der Waals surface area contributed by atoms with Crippen LogP contribution in [0.15, 0.2) is 76.1 Å². The molecule has 0 spiro atoms. The van der Waals surface area contributed by atoms with E-state index >= 15 is 4.39 Å². The monoisotopic (exact) mass is 787 g/mol. The Morgan fingerprint density at radius 3 is 2.62 bits per heavy atom. The maximum atomic E-state index is 15.5. The minimum Gasteiger partial charge on any atom is -0.485 e. The van der Waals surface area contributed by atoms with Gasteiger partial charge in [-0.1, -0.05) is 18.2 Å². The van der Waals surface area contributed by atoms with E-state index in [0.717, 1.165) is 68.1 Å². The SMILES string of the molecule is C=Nn1cnc(C(/C=C\C)=C/N)c(OC(C)C)/c1=N/CNc1ccc(S(=O)(=O)N2CCCC(CN3CCC(c4ccc5c(NC)nn(C)c5c4)CC3)C2)cc1F. The minimum absolute atomic E-state index is 0.0728. The Bertz CT molecular complexity index is 2270. The van der Waals surface area contributed by atoms with Crippen molar-refractivity contribution in [2.24, 2.45) is 28.8 Å². The molecule has 4 N–H and O–H groups in total. The molecule has 4 aromatic rings. The Hall–Kier alpha value is -5.06. The lowest BCUT2D eigenvalue weighted by Crippen LogP contribution is -2.45. The van der Waals surface area contributed by atoms with Gasteiger partial charge in [-0.2, -0.15) is 14.5 Å². The zero-order chi connectivity index (χ0) is 40.0. The van der Waals surface area contributed by atoms with Crippen molar-refractivity contribution in [2.45, 2.75) is 63.4 Å². The number of fused-ring (bicyclic) bond motifs is 1. The Morgan fingerprint density at radius 2 is 1.95 bits per heavy atom. The van der Waals surface area contributed by atoms with E-state index in [-0.39, 0.29) is 29.3 Å². The standard InChI is InChI=1S/C40H54FN11O3S/c1-7-9-31(22-42)37-38(55-27(2)3)40(52(44-5)26-47-37)46-25-45-35-14-12-32(21-34(35)41)56(53,54)51-17-8-10-28(24-51)23-50-18-15-29(16-19-50)30-11-13-33-36(20-30)49(6)48-39(33)43-4/h7,9,11-14,20-22,26-29,45H,5,8,10,15-19,23-25,42H2,1-4,6H3,(H,43,48)/b9-7-,31-22+,46-40-. The first-order valence-electron chi connectivity index (χ1n) is 19.2. The molecule has 4 heterocycles. The van der Waals surface area contributed by atoms with Crippen molar-refractivity contribution in [3.63, 3.8) is 0 Å². The van der Waals surface area contributed by atoms with E-state index in [2.05, 4.69) is 60.6 Å². The molecular weight excluding hydrogens is 734 g/mol. The van der Waals surface area contributed by atoms with Crippen molar-refractivity contribution < 1.29 is 17.5 Å². The summed E-state index contributed by atoms with van der Waals surface area (Å²) in [7, 11) is -0.0417. The highest BCUT2D eigenvalue weighted by Crippen LogP contribution is 2.33. The molecule has 300 valence electrons. The van der Waals surface area contributed by atoms with Crippen LogP contribution in [0.1, 0.15) is 63.6 Å². The third-order valence-corrected chi connectivity index (χ3v) is 12.3. The normalized spacial score (nSPS) is 18.3. The second kappa shape index (κ2) is 17.8. The van der Waals surface area contributed by atoms with Crippen molar-refractivity contribution in [2.75, 3.05) is 57.1 Å². The van der Waals surface area contributed by atoms with Crippen LogP contribution in [0.25, 0.3) is 16.5 Å². The summed E-state index contributed by atoms with van der Waals surface area (Å²) in [5.74, 6) is 1.20. The van der Waals surface area contributed by atoms with Crippen LogP contribution in [0.5, 0.6) is 5.75 Å². The summed E-state index contributed by atoms with van der Waals surface area (Å²) < 4.78 is 54.1. The number of nitrogens with one attached hydrogen (secondary N) is 2. The van der Waals surface area contributed by atoms with Gasteiger partial charge in [-0.3, -0.25) is 4.68 Å². The predicted octanol–water partition coefficient (Wildman–Crippen LogP) is 5.33. The molecule has 14 nitrogen and oxygen atoms in total. The molecule has 1 atom stereocenters. The molecule has 16 heteroatoms. The lowest BCUT2D eigenvalue weighted by Gasteiger charge is -2.38. The molecule has 0 aliphatic carbocycles. The number of likely N-dealkylation sites (tertiary alicyclic amines) is 1. The van der Waals surface area contributed by atoms with E-state index in [4.69, 9.17) is 10.5 Å². The lowest BCUT2D eigenvalue weighted by molar-refractivity contribution is 0.150. The summed E-state index contributed by atoms with van der Waals surface area (Å²) in [6, 6.07) is 10.6. The van der Waals surface area contributed by atoms with Crippen LogP contribution >= 0.6 is 0 Å². The Labute approximate surface area is 328 Å². The summed E-state index contributed by atoms with van der Waals surface area (Å²) in [5, 5.41) is 15.8. The van der Waals surface area contributed by atoms with E-state index in [1.807, 2.05) is 45.6 Å². The minimum atomic E-state index is -3.91. The quantitative estimate of drug-likeness (QED) is 0.113. The zero-order valence-corrected chi connectivity index (χ0v) is 33.8. The molecule has 56 heavy (non-hydrogen) atoms. The first-order valence-corrected chi connectivity index (χ1v) is 20.6. The number of anilines is 2. The van der Waals surface area contributed by atoms with E-state index in [1.54, 1.807) is 6.08 Å². The molecule has 2 aromatic carbocycles. The largest absolute Gasteiger partial charge is 0.485 e. The second-order valence-electron chi connectivity index (χ2n) is 14.6. The molecule has 6 rings (SSSR count). The highest BCUT2D eigenvalue weighted by atomic mass is 32.2. The summed E-state index contributed by atoms with van der Waals surface area (Å²) in [5.41, 5.74) is 9.83. The van der Waals surface area contributed by atoms with Crippen molar-refractivity contribution in [1.29, 1.82) is 0 Å². The van der Waals surface area contributed by atoms with Crippen molar-refractivity contribution >= 4 is 44.7 Å². The van der Waals surface area contributed by atoms with E-state index in [9.17, 15) is 8.42 Å². The van der Waals surface area contributed by atoms with E-state index in [0.29, 0.717) is 41.5 Å². The molecule has 2 aromatic heterocycles. The van der Waals surface area contributed by atoms with Crippen molar-refractivity contribution in [3.8, 4) is 5.75 Å². The highest BCUT2D eigenvalue weighted by Gasteiger charge is 2.32. The van der Waals surface area contributed by atoms with Gasteiger partial charge in [0.25, 0.3) is 0 Å². The maximum Gasteiger partial charge on any atom is 0.243 e. The van der Waals surface area contributed by atoms with Gasteiger partial charge in [0.2, 0.25) is 10.0 Å². The fourth-order valence-corrected chi connectivity index (χ4v) is 9.26. The van der Waals surface area contributed by atoms with Crippen LogP contribution in [0.2, 0.25) is 0 Å². The molecule has 0 bridgehead atoms. The number of hydrogen-bond donors (Lipinski definition) is 3. The molecule has 2 saturated heterocycles. The first-order chi connectivity index (χ1) is 27.0. The Balaban J connectivity index is 1.09. The summed E-state index contributed by atoms with van der Waals surface area (Å²) >= 11 is 0. The van der Waals surface area contributed by atoms with Gasteiger partial charge < -0.3 is 26.0 Å². The van der Waals surface area contributed by atoms with Gasteiger partial charge in [0.05, 0.1) is 22.2 Å². The summed E-state index contributed by atoms with van der Waals surface area (Å²) in [6.07, 6.45) is 10.1. The second-order valence-corrected chi connectivity index (χ2v) is 16.5. The predicted molar refractivity (Wildman–Crippen MR) is 221 cm³/mol. The third-order valence-electron chi connectivity index (χ3n) is 10.5. The van der Waals surface area contributed by atoms with Gasteiger partial charge in [0, 0.05) is 57.6 Å². The van der Waals surface area contributed by atoms with Crippen LogP contribution in [-0.2, 0) is 17.1 Å². The molecule has 0 saturated carbocycles. The average molecular weight is 788 g/mol. The number of ether oxygens (including phenoxy) is 1. The van der Waals surface area contributed by atoms with Crippen molar-refractivity contribution in [3.05, 3.63) is 83.6 Å².